The number of aromatic nitrogens is 3. The minimum absolute atomic E-state index is 0.101. The number of rotatable bonds is 6. The standard InChI is InChI=1S/C12H14BrN5O2/c1-2-17-8-15-16-12(17)7-14-6-9-3-4-10(13)5-11(9)18(19)20/h3-5,8,14H,2,6-7H2,1H3. The Hall–Kier alpha value is -1.80. The zero-order chi connectivity index (χ0) is 14.5. The summed E-state index contributed by atoms with van der Waals surface area (Å²) in [5.74, 6) is 0.812. The molecule has 0 fully saturated rings. The summed E-state index contributed by atoms with van der Waals surface area (Å²) in [5.41, 5.74) is 0.740. The third-order valence-electron chi connectivity index (χ3n) is 2.88. The van der Waals surface area contributed by atoms with Gasteiger partial charge in [-0.3, -0.25) is 10.1 Å². The predicted octanol–water partition coefficient (Wildman–Crippen LogP) is 2.26. The summed E-state index contributed by atoms with van der Waals surface area (Å²) in [6.45, 7) is 3.72. The number of hydrogen-bond donors (Lipinski definition) is 1. The first kappa shape index (κ1) is 14.6. The quantitative estimate of drug-likeness (QED) is 0.644. The molecule has 106 valence electrons. The number of nitrogens with zero attached hydrogens (tertiary/aromatic N) is 4. The Morgan fingerprint density at radius 1 is 1.45 bits per heavy atom. The smallest absolute Gasteiger partial charge is 0.275 e. The van der Waals surface area contributed by atoms with E-state index in [2.05, 4.69) is 31.4 Å². The maximum absolute atomic E-state index is 11.0. The molecule has 1 aromatic heterocycles. The average molecular weight is 340 g/mol. The first-order valence-corrected chi connectivity index (χ1v) is 6.91. The number of aryl methyl sites for hydroxylation is 1. The van der Waals surface area contributed by atoms with Gasteiger partial charge in [-0.1, -0.05) is 15.9 Å². The molecule has 0 spiro atoms. The Labute approximate surface area is 124 Å². The van der Waals surface area contributed by atoms with Crippen molar-refractivity contribution in [1.29, 1.82) is 0 Å². The molecule has 0 saturated carbocycles. The van der Waals surface area contributed by atoms with E-state index >= 15 is 0 Å². The van der Waals surface area contributed by atoms with Crippen LogP contribution in [0, 0.1) is 10.1 Å². The molecule has 0 aliphatic carbocycles. The molecule has 0 radical (unpaired) electrons. The molecule has 8 heteroatoms. The second kappa shape index (κ2) is 6.58. The van der Waals surface area contributed by atoms with E-state index in [1.807, 2.05) is 11.5 Å². The van der Waals surface area contributed by atoms with Gasteiger partial charge in [0.1, 0.15) is 12.2 Å². The summed E-state index contributed by atoms with van der Waals surface area (Å²) < 4.78 is 2.61. The monoisotopic (exact) mass is 339 g/mol. The lowest BCUT2D eigenvalue weighted by molar-refractivity contribution is -0.385. The molecule has 0 aliphatic rings. The van der Waals surface area contributed by atoms with Gasteiger partial charge in [0.05, 0.1) is 11.5 Å². The molecule has 2 aromatic rings. The summed E-state index contributed by atoms with van der Waals surface area (Å²) in [5, 5.41) is 22.0. The Morgan fingerprint density at radius 2 is 2.25 bits per heavy atom. The van der Waals surface area contributed by atoms with Crippen LogP contribution in [-0.4, -0.2) is 19.7 Å². The van der Waals surface area contributed by atoms with Crippen LogP contribution in [0.5, 0.6) is 0 Å². The van der Waals surface area contributed by atoms with Crippen LogP contribution < -0.4 is 5.32 Å². The first-order valence-electron chi connectivity index (χ1n) is 6.12. The number of nitrogens with one attached hydrogen (secondary N) is 1. The van der Waals surface area contributed by atoms with Gasteiger partial charge in [0.15, 0.2) is 0 Å². The summed E-state index contributed by atoms with van der Waals surface area (Å²) in [4.78, 5) is 10.6. The van der Waals surface area contributed by atoms with Gasteiger partial charge < -0.3 is 9.88 Å². The van der Waals surface area contributed by atoms with E-state index in [9.17, 15) is 10.1 Å². The molecule has 0 saturated heterocycles. The number of nitro groups is 1. The molecule has 0 unspecified atom stereocenters. The van der Waals surface area contributed by atoms with E-state index in [1.165, 1.54) is 6.07 Å². The van der Waals surface area contributed by atoms with Crippen LogP contribution in [0.1, 0.15) is 18.3 Å². The van der Waals surface area contributed by atoms with E-state index in [0.717, 1.165) is 12.4 Å². The highest BCUT2D eigenvalue weighted by Gasteiger charge is 2.13. The number of halogens is 1. The van der Waals surface area contributed by atoms with E-state index < -0.39 is 0 Å². The number of benzene rings is 1. The van der Waals surface area contributed by atoms with Gasteiger partial charge in [-0.15, -0.1) is 10.2 Å². The lowest BCUT2D eigenvalue weighted by Gasteiger charge is -2.06. The van der Waals surface area contributed by atoms with Crippen LogP contribution in [0.2, 0.25) is 0 Å². The summed E-state index contributed by atoms with van der Waals surface area (Å²) in [6.07, 6.45) is 1.67. The van der Waals surface area contributed by atoms with E-state index in [-0.39, 0.29) is 10.6 Å². The van der Waals surface area contributed by atoms with Crippen molar-refractivity contribution in [2.45, 2.75) is 26.6 Å². The predicted molar refractivity (Wildman–Crippen MR) is 77.0 cm³/mol. The van der Waals surface area contributed by atoms with E-state index in [4.69, 9.17) is 0 Å². The van der Waals surface area contributed by atoms with Crippen molar-refractivity contribution in [1.82, 2.24) is 20.1 Å². The van der Waals surface area contributed by atoms with Crippen molar-refractivity contribution < 1.29 is 4.92 Å². The van der Waals surface area contributed by atoms with Gasteiger partial charge >= 0.3 is 0 Å². The van der Waals surface area contributed by atoms with Crippen LogP contribution in [0.4, 0.5) is 5.69 Å². The fourth-order valence-corrected chi connectivity index (χ4v) is 2.19. The van der Waals surface area contributed by atoms with Crippen LogP contribution >= 0.6 is 15.9 Å². The maximum Gasteiger partial charge on any atom is 0.275 e. The normalized spacial score (nSPS) is 10.7. The van der Waals surface area contributed by atoms with Crippen molar-refractivity contribution >= 4 is 21.6 Å². The van der Waals surface area contributed by atoms with Gasteiger partial charge in [-0.25, -0.2) is 0 Å². The third-order valence-corrected chi connectivity index (χ3v) is 3.37. The molecule has 7 nitrogen and oxygen atoms in total. The molecular formula is C12H14BrN5O2. The van der Waals surface area contributed by atoms with Crippen molar-refractivity contribution in [2.24, 2.45) is 0 Å². The second-order valence-electron chi connectivity index (χ2n) is 4.17. The Kier molecular flexibility index (Phi) is 4.80. The van der Waals surface area contributed by atoms with Crippen molar-refractivity contribution in [3.63, 3.8) is 0 Å². The van der Waals surface area contributed by atoms with Gasteiger partial charge in [-0.2, -0.15) is 0 Å². The zero-order valence-electron chi connectivity index (χ0n) is 10.9. The molecule has 1 heterocycles. The van der Waals surface area contributed by atoms with Gasteiger partial charge in [0, 0.05) is 29.2 Å². The zero-order valence-corrected chi connectivity index (χ0v) is 12.5. The molecule has 0 aliphatic heterocycles. The summed E-state index contributed by atoms with van der Waals surface area (Å²) in [6, 6.07) is 5.03. The van der Waals surface area contributed by atoms with Crippen LogP contribution in [-0.2, 0) is 19.6 Å². The SMILES string of the molecule is CCn1cnnc1CNCc1ccc(Br)cc1[N+](=O)[O-]. The van der Waals surface area contributed by atoms with Gasteiger partial charge in [0.25, 0.3) is 5.69 Å². The maximum atomic E-state index is 11.0. The lowest BCUT2D eigenvalue weighted by Crippen LogP contribution is -2.17. The molecule has 2 rings (SSSR count). The largest absolute Gasteiger partial charge is 0.317 e. The highest BCUT2D eigenvalue weighted by Crippen LogP contribution is 2.23. The minimum atomic E-state index is -0.379. The Bertz CT molecular complexity index is 614. The van der Waals surface area contributed by atoms with Crippen LogP contribution in [0.25, 0.3) is 0 Å². The number of nitro benzene ring substituents is 1. The third kappa shape index (κ3) is 3.40. The molecule has 0 amide bonds. The van der Waals surface area contributed by atoms with Crippen molar-refractivity contribution in [3.8, 4) is 0 Å². The second-order valence-corrected chi connectivity index (χ2v) is 5.08. The fourth-order valence-electron chi connectivity index (χ4n) is 1.85. The molecule has 1 aromatic carbocycles. The fraction of sp³-hybridized carbons (Fsp3) is 0.333. The highest BCUT2D eigenvalue weighted by atomic mass is 79.9. The lowest BCUT2D eigenvalue weighted by atomic mass is 10.2. The van der Waals surface area contributed by atoms with Gasteiger partial charge in [0.2, 0.25) is 0 Å². The molecule has 20 heavy (non-hydrogen) atoms. The summed E-state index contributed by atoms with van der Waals surface area (Å²) in [7, 11) is 0. The van der Waals surface area contributed by atoms with Crippen LogP contribution in [0.15, 0.2) is 29.0 Å². The van der Waals surface area contributed by atoms with E-state index in [0.29, 0.717) is 23.1 Å². The van der Waals surface area contributed by atoms with Crippen molar-refractivity contribution in [3.05, 3.63) is 50.5 Å². The average Bonchev–Trinajstić information content (AvgIpc) is 2.87. The highest BCUT2D eigenvalue weighted by molar-refractivity contribution is 9.10. The van der Waals surface area contributed by atoms with Crippen molar-refractivity contribution in [2.75, 3.05) is 0 Å². The van der Waals surface area contributed by atoms with Gasteiger partial charge in [-0.05, 0) is 19.1 Å². The number of hydrogen-bond acceptors (Lipinski definition) is 5. The minimum Gasteiger partial charge on any atom is -0.317 e. The molecular weight excluding hydrogens is 326 g/mol. The Morgan fingerprint density at radius 3 is 2.95 bits per heavy atom. The topological polar surface area (TPSA) is 85.9 Å². The molecule has 0 bridgehead atoms. The Balaban J connectivity index is 2.03. The summed E-state index contributed by atoms with van der Waals surface area (Å²) >= 11 is 3.24. The first-order chi connectivity index (χ1) is 9.61. The van der Waals surface area contributed by atoms with Crippen LogP contribution in [0.3, 0.4) is 0 Å². The van der Waals surface area contributed by atoms with E-state index in [1.54, 1.807) is 18.5 Å². The molecule has 1 N–H and O–H groups in total. The molecule has 0 atom stereocenters.